The number of hydrogen-bond acceptors (Lipinski definition) is 5. The van der Waals surface area contributed by atoms with Crippen molar-refractivity contribution in [2.75, 3.05) is 7.11 Å². The molecule has 2 aliphatic heterocycles. The number of rotatable bonds is 1. The summed E-state index contributed by atoms with van der Waals surface area (Å²) in [5.74, 6) is -0.920. The maximum atomic E-state index is 12.4. The number of amides is 1. The molecule has 0 aromatic heterocycles. The highest BCUT2D eigenvalue weighted by Crippen LogP contribution is 2.47. The lowest BCUT2D eigenvalue weighted by molar-refractivity contribution is -0.145. The van der Waals surface area contributed by atoms with Crippen molar-refractivity contribution in [3.63, 3.8) is 0 Å². The van der Waals surface area contributed by atoms with Crippen molar-refractivity contribution in [1.29, 1.82) is 0 Å². The van der Waals surface area contributed by atoms with E-state index in [-0.39, 0.29) is 17.8 Å². The number of fused-ring (bicyclic) bond motifs is 2. The Bertz CT molecular complexity index is 487. The fraction of sp³-hybridized carbons (Fsp3) is 0.733. The van der Waals surface area contributed by atoms with Gasteiger partial charge in [0, 0.05) is 5.57 Å². The first-order chi connectivity index (χ1) is 9.67. The largest absolute Gasteiger partial charge is 0.513 e. The lowest BCUT2D eigenvalue weighted by atomic mass is 9.83. The fourth-order valence-electron chi connectivity index (χ4n) is 3.34. The van der Waals surface area contributed by atoms with Crippen LogP contribution in [0.2, 0.25) is 0 Å². The average Bonchev–Trinajstić information content (AvgIpc) is 2.90. The molecule has 6 heteroatoms. The molecule has 1 amide bonds. The topological polar surface area (TPSA) is 76.1 Å². The van der Waals surface area contributed by atoms with Crippen LogP contribution in [0.5, 0.6) is 0 Å². The quantitative estimate of drug-likeness (QED) is 0.594. The first-order valence-corrected chi connectivity index (χ1v) is 7.16. The minimum atomic E-state index is -0.599. The van der Waals surface area contributed by atoms with Gasteiger partial charge in [-0.3, -0.25) is 9.69 Å². The molecule has 0 saturated carbocycles. The molecule has 118 valence electrons. The average molecular weight is 297 g/mol. The summed E-state index contributed by atoms with van der Waals surface area (Å²) in [6.07, 6.45) is 0.991. The van der Waals surface area contributed by atoms with Gasteiger partial charge >= 0.3 is 12.1 Å². The van der Waals surface area contributed by atoms with Gasteiger partial charge in [-0.2, -0.15) is 0 Å². The summed E-state index contributed by atoms with van der Waals surface area (Å²) >= 11 is 0. The van der Waals surface area contributed by atoms with Gasteiger partial charge in [-0.25, -0.2) is 4.79 Å². The van der Waals surface area contributed by atoms with Gasteiger partial charge in [0.25, 0.3) is 0 Å². The lowest BCUT2D eigenvalue weighted by Crippen LogP contribution is -2.41. The number of carbonyl (C=O) groups is 2. The third-order valence-electron chi connectivity index (χ3n) is 3.98. The number of methoxy groups -OCH3 is 1. The minimum absolute atomic E-state index is 0.0890. The second-order valence-electron chi connectivity index (χ2n) is 6.59. The predicted octanol–water partition coefficient (Wildman–Crippen LogP) is 2.39. The third-order valence-corrected chi connectivity index (χ3v) is 3.98. The summed E-state index contributed by atoms with van der Waals surface area (Å²) in [4.78, 5) is 26.0. The Balaban J connectivity index is 2.33. The molecule has 0 unspecified atom stereocenters. The molecule has 2 fully saturated rings. The number of esters is 1. The summed E-state index contributed by atoms with van der Waals surface area (Å²) in [7, 11) is 1.32. The van der Waals surface area contributed by atoms with Crippen molar-refractivity contribution in [1.82, 2.24) is 4.90 Å². The normalized spacial score (nSPS) is 30.3. The number of hydrogen-bond donors (Lipinski definition) is 1. The van der Waals surface area contributed by atoms with E-state index in [0.717, 1.165) is 6.42 Å². The summed E-state index contributed by atoms with van der Waals surface area (Å²) in [5.41, 5.74) is -0.0122. The molecule has 0 aromatic carbocycles. The Kier molecular flexibility index (Phi) is 3.91. The van der Waals surface area contributed by atoms with Gasteiger partial charge in [-0.05, 0) is 40.5 Å². The summed E-state index contributed by atoms with van der Waals surface area (Å²) in [5, 5.41) is 9.91. The van der Waals surface area contributed by atoms with Crippen molar-refractivity contribution >= 4 is 12.1 Å². The molecule has 3 atom stereocenters. The molecule has 2 rings (SSSR count). The molecule has 2 heterocycles. The number of carbonyl (C=O) groups excluding carboxylic acids is 2. The van der Waals surface area contributed by atoms with Gasteiger partial charge < -0.3 is 14.6 Å². The molecule has 6 nitrogen and oxygen atoms in total. The maximum absolute atomic E-state index is 12.4. The van der Waals surface area contributed by atoms with Crippen LogP contribution in [0.1, 0.15) is 40.5 Å². The van der Waals surface area contributed by atoms with Gasteiger partial charge in [0.15, 0.2) is 0 Å². The van der Waals surface area contributed by atoms with Crippen LogP contribution in [-0.4, -0.2) is 46.9 Å². The van der Waals surface area contributed by atoms with Crippen LogP contribution in [0.4, 0.5) is 4.79 Å². The first-order valence-electron chi connectivity index (χ1n) is 7.16. The second-order valence-corrected chi connectivity index (χ2v) is 6.59. The van der Waals surface area contributed by atoms with Gasteiger partial charge in [-0.15, -0.1) is 0 Å². The van der Waals surface area contributed by atoms with Crippen molar-refractivity contribution in [3.05, 3.63) is 11.3 Å². The summed E-state index contributed by atoms with van der Waals surface area (Å²) in [6.45, 7) is 6.94. The third kappa shape index (κ3) is 2.71. The summed E-state index contributed by atoms with van der Waals surface area (Å²) in [6, 6.07) is -0.576. The van der Waals surface area contributed by atoms with Crippen LogP contribution in [0.15, 0.2) is 11.3 Å². The highest BCUT2D eigenvalue weighted by Gasteiger charge is 2.57. The van der Waals surface area contributed by atoms with E-state index in [9.17, 15) is 14.7 Å². The number of aliphatic hydroxyl groups is 1. The molecule has 0 aromatic rings. The van der Waals surface area contributed by atoms with Crippen LogP contribution >= 0.6 is 0 Å². The minimum Gasteiger partial charge on any atom is -0.513 e. The zero-order valence-electron chi connectivity index (χ0n) is 13.2. The first kappa shape index (κ1) is 15.7. The zero-order valence-corrected chi connectivity index (χ0v) is 13.2. The molecule has 21 heavy (non-hydrogen) atoms. The molecular weight excluding hydrogens is 274 g/mol. The molecule has 2 aliphatic rings. The Morgan fingerprint density at radius 3 is 2.38 bits per heavy atom. The van der Waals surface area contributed by atoms with Crippen LogP contribution in [-0.2, 0) is 14.3 Å². The highest BCUT2D eigenvalue weighted by atomic mass is 16.6. The van der Waals surface area contributed by atoms with Crippen LogP contribution in [0.3, 0.4) is 0 Å². The van der Waals surface area contributed by atoms with Crippen LogP contribution in [0.25, 0.3) is 0 Å². The van der Waals surface area contributed by atoms with E-state index in [1.165, 1.54) is 7.11 Å². The number of aliphatic hydroxyl groups excluding tert-OH is 1. The Morgan fingerprint density at radius 1 is 1.29 bits per heavy atom. The smallest absolute Gasteiger partial charge is 0.411 e. The number of ether oxygens (including phenoxy) is 2. The molecule has 2 saturated heterocycles. The van der Waals surface area contributed by atoms with E-state index in [0.29, 0.717) is 12.0 Å². The van der Waals surface area contributed by atoms with Crippen molar-refractivity contribution in [2.24, 2.45) is 5.92 Å². The van der Waals surface area contributed by atoms with E-state index in [2.05, 4.69) is 0 Å². The van der Waals surface area contributed by atoms with E-state index in [1.807, 2.05) is 0 Å². The van der Waals surface area contributed by atoms with Gasteiger partial charge in [0.1, 0.15) is 11.5 Å². The molecule has 0 radical (unpaired) electrons. The fourth-order valence-corrected chi connectivity index (χ4v) is 3.34. The number of nitrogens with zero attached hydrogens (tertiary/aromatic N) is 1. The van der Waals surface area contributed by atoms with E-state index < -0.39 is 23.6 Å². The highest BCUT2D eigenvalue weighted by molar-refractivity contribution is 5.82. The Hall–Kier alpha value is -1.72. The van der Waals surface area contributed by atoms with E-state index >= 15 is 0 Å². The standard InChI is InChI=1S/C15H23NO5/c1-8(17)11-9-6-7-10(12(11)13(18)20-5)16(9)14(19)21-15(2,3)4/h9-10,12,17H,6-7H2,1-5H3/b11-8+/t9-,10+,12-/m0/s1. The second kappa shape index (κ2) is 5.24. The van der Waals surface area contributed by atoms with E-state index in [1.54, 1.807) is 32.6 Å². The molecule has 0 aliphatic carbocycles. The van der Waals surface area contributed by atoms with Gasteiger partial charge in [0.2, 0.25) is 0 Å². The van der Waals surface area contributed by atoms with Crippen molar-refractivity contribution in [2.45, 2.75) is 58.2 Å². The lowest BCUT2D eigenvalue weighted by Gasteiger charge is -2.27. The molecule has 0 spiro atoms. The van der Waals surface area contributed by atoms with Crippen molar-refractivity contribution < 1.29 is 24.2 Å². The predicted molar refractivity (Wildman–Crippen MR) is 75.7 cm³/mol. The van der Waals surface area contributed by atoms with E-state index in [4.69, 9.17) is 9.47 Å². The SMILES string of the molecule is COC(=O)[C@@H]1/C(=C(\C)O)[C@@H]2CC[C@H]1N2C(=O)OC(C)(C)C. The Morgan fingerprint density at radius 2 is 1.90 bits per heavy atom. The molecule has 2 bridgehead atoms. The number of allylic oxidation sites excluding steroid dienone is 1. The van der Waals surface area contributed by atoms with Crippen molar-refractivity contribution in [3.8, 4) is 0 Å². The molecular formula is C15H23NO5. The van der Waals surface area contributed by atoms with Crippen LogP contribution in [0, 0.1) is 5.92 Å². The molecule has 1 N–H and O–H groups in total. The van der Waals surface area contributed by atoms with Gasteiger partial charge in [-0.1, -0.05) is 0 Å². The van der Waals surface area contributed by atoms with Crippen LogP contribution < -0.4 is 0 Å². The monoisotopic (exact) mass is 297 g/mol. The summed E-state index contributed by atoms with van der Waals surface area (Å²) < 4.78 is 10.3. The maximum Gasteiger partial charge on any atom is 0.411 e. The zero-order chi connectivity index (χ0) is 15.9. The van der Waals surface area contributed by atoms with Gasteiger partial charge in [0.05, 0.1) is 25.0 Å². The Labute approximate surface area is 124 Å².